The van der Waals surface area contributed by atoms with Crippen molar-refractivity contribution in [3.63, 3.8) is 0 Å². The van der Waals surface area contributed by atoms with Crippen molar-refractivity contribution in [1.82, 2.24) is 4.90 Å². The van der Waals surface area contributed by atoms with Crippen LogP contribution >= 0.6 is 0 Å². The zero-order chi connectivity index (χ0) is 12.4. The van der Waals surface area contributed by atoms with Crippen LogP contribution in [-0.4, -0.2) is 24.5 Å². The molecule has 0 spiro atoms. The fourth-order valence-electron chi connectivity index (χ4n) is 2.90. The van der Waals surface area contributed by atoms with Gasteiger partial charge in [0.2, 0.25) is 0 Å². The van der Waals surface area contributed by atoms with Crippen molar-refractivity contribution in [1.29, 1.82) is 0 Å². The van der Waals surface area contributed by atoms with Gasteiger partial charge >= 0.3 is 0 Å². The first-order chi connectivity index (χ1) is 8.86. The van der Waals surface area contributed by atoms with Gasteiger partial charge in [-0.2, -0.15) is 0 Å². The molecule has 2 heteroatoms. The molecule has 98 valence electrons. The van der Waals surface area contributed by atoms with E-state index in [-0.39, 0.29) is 0 Å². The van der Waals surface area contributed by atoms with Crippen LogP contribution in [0.2, 0.25) is 0 Å². The van der Waals surface area contributed by atoms with Crippen molar-refractivity contribution in [2.75, 3.05) is 25.0 Å². The van der Waals surface area contributed by atoms with Crippen molar-refractivity contribution in [3.8, 4) is 0 Å². The third-order valence-corrected chi connectivity index (χ3v) is 4.32. The maximum atomic E-state index is 3.55. The zero-order valence-electron chi connectivity index (χ0n) is 11.4. The molecule has 0 unspecified atom stereocenters. The minimum absolute atomic E-state index is 1.04. The number of fused-ring (bicyclic) bond motifs is 1. The van der Waals surface area contributed by atoms with Gasteiger partial charge in [0.05, 0.1) is 0 Å². The first-order valence-electron chi connectivity index (χ1n) is 7.44. The highest BCUT2D eigenvalue weighted by Gasteiger charge is 2.22. The van der Waals surface area contributed by atoms with Crippen LogP contribution in [0.3, 0.4) is 0 Å². The Kier molecular flexibility index (Phi) is 3.55. The van der Waals surface area contributed by atoms with Crippen molar-refractivity contribution < 1.29 is 0 Å². The van der Waals surface area contributed by atoms with Gasteiger partial charge in [0.25, 0.3) is 0 Å². The van der Waals surface area contributed by atoms with Crippen LogP contribution in [0, 0.1) is 5.92 Å². The number of nitrogens with zero attached hydrogens (tertiary/aromatic N) is 1. The number of anilines is 1. The van der Waals surface area contributed by atoms with Gasteiger partial charge in [-0.05, 0) is 43.0 Å². The Morgan fingerprint density at radius 2 is 2.22 bits per heavy atom. The number of nitrogens with one attached hydrogen (secondary N) is 1. The molecule has 0 atom stereocenters. The van der Waals surface area contributed by atoms with Crippen molar-refractivity contribution in [2.45, 2.75) is 39.2 Å². The molecular weight excluding hydrogens is 220 g/mol. The van der Waals surface area contributed by atoms with Crippen LogP contribution in [0.15, 0.2) is 18.2 Å². The van der Waals surface area contributed by atoms with Crippen molar-refractivity contribution in [3.05, 3.63) is 29.3 Å². The lowest BCUT2D eigenvalue weighted by Gasteiger charge is -2.22. The molecule has 1 aliphatic heterocycles. The van der Waals surface area contributed by atoms with E-state index in [2.05, 4.69) is 35.3 Å². The molecule has 18 heavy (non-hydrogen) atoms. The highest BCUT2D eigenvalue weighted by molar-refractivity contribution is 5.61. The molecule has 1 aromatic rings. The van der Waals surface area contributed by atoms with Crippen LogP contribution in [-0.2, 0) is 13.0 Å². The molecule has 3 rings (SSSR count). The fraction of sp³-hybridized carbons (Fsp3) is 0.625. The molecule has 1 saturated carbocycles. The van der Waals surface area contributed by atoms with E-state index in [0.29, 0.717) is 0 Å². The summed E-state index contributed by atoms with van der Waals surface area (Å²) in [6, 6.07) is 6.77. The molecule has 1 aliphatic carbocycles. The van der Waals surface area contributed by atoms with E-state index in [4.69, 9.17) is 0 Å². The standard InChI is InChI=1S/C16H24N2/c1-2-18(11-9-13-6-7-13)12-15-5-3-4-14-8-10-17-16(14)15/h3-5,13,17H,2,6-12H2,1H3. The third kappa shape index (κ3) is 2.69. The summed E-state index contributed by atoms with van der Waals surface area (Å²) in [6.07, 6.45) is 5.54. The molecule has 0 bridgehead atoms. The first-order valence-corrected chi connectivity index (χ1v) is 7.44. The van der Waals surface area contributed by atoms with E-state index >= 15 is 0 Å². The van der Waals surface area contributed by atoms with Gasteiger partial charge in [-0.15, -0.1) is 0 Å². The molecule has 1 aromatic carbocycles. The van der Waals surface area contributed by atoms with Gasteiger partial charge in [0, 0.05) is 18.8 Å². The van der Waals surface area contributed by atoms with E-state index in [0.717, 1.165) is 25.6 Å². The van der Waals surface area contributed by atoms with Gasteiger partial charge in [-0.1, -0.05) is 38.0 Å². The lowest BCUT2D eigenvalue weighted by molar-refractivity contribution is 0.271. The Hall–Kier alpha value is -1.02. The molecule has 1 heterocycles. The van der Waals surface area contributed by atoms with E-state index in [9.17, 15) is 0 Å². The van der Waals surface area contributed by atoms with Gasteiger partial charge in [0.1, 0.15) is 0 Å². The highest BCUT2D eigenvalue weighted by atomic mass is 15.1. The van der Waals surface area contributed by atoms with E-state index in [1.807, 2.05) is 0 Å². The van der Waals surface area contributed by atoms with E-state index in [1.54, 1.807) is 0 Å². The number of para-hydroxylation sites is 1. The van der Waals surface area contributed by atoms with Gasteiger partial charge in [0.15, 0.2) is 0 Å². The summed E-state index contributed by atoms with van der Waals surface area (Å²) in [4.78, 5) is 2.59. The van der Waals surface area contributed by atoms with Crippen LogP contribution in [0.4, 0.5) is 5.69 Å². The Balaban J connectivity index is 1.64. The Morgan fingerprint density at radius 3 is 3.00 bits per heavy atom. The summed E-state index contributed by atoms with van der Waals surface area (Å²) in [7, 11) is 0. The fourth-order valence-corrected chi connectivity index (χ4v) is 2.90. The summed E-state index contributed by atoms with van der Waals surface area (Å²) < 4.78 is 0. The highest BCUT2D eigenvalue weighted by Crippen LogP contribution is 2.33. The molecule has 0 amide bonds. The summed E-state index contributed by atoms with van der Waals surface area (Å²) in [5, 5.41) is 3.55. The number of rotatable bonds is 6. The average Bonchev–Trinajstić information content (AvgIpc) is 3.09. The minimum Gasteiger partial charge on any atom is -0.384 e. The number of hydrogen-bond donors (Lipinski definition) is 1. The molecule has 1 fully saturated rings. The number of hydrogen-bond acceptors (Lipinski definition) is 2. The normalized spacial score (nSPS) is 17.9. The van der Waals surface area contributed by atoms with Gasteiger partial charge in [-0.3, -0.25) is 4.90 Å². The quantitative estimate of drug-likeness (QED) is 0.826. The molecule has 0 radical (unpaired) electrons. The SMILES string of the molecule is CCN(CCC1CC1)Cc1cccc2c1NCC2. The van der Waals surface area contributed by atoms with Crippen LogP contribution in [0.5, 0.6) is 0 Å². The second-order valence-electron chi connectivity index (χ2n) is 5.73. The topological polar surface area (TPSA) is 15.3 Å². The van der Waals surface area contributed by atoms with Crippen molar-refractivity contribution in [2.24, 2.45) is 5.92 Å². The zero-order valence-corrected chi connectivity index (χ0v) is 11.4. The second kappa shape index (κ2) is 5.31. The lowest BCUT2D eigenvalue weighted by atomic mass is 10.1. The predicted octanol–water partition coefficient (Wildman–Crippen LogP) is 3.28. The van der Waals surface area contributed by atoms with Crippen LogP contribution < -0.4 is 5.32 Å². The molecule has 2 nitrogen and oxygen atoms in total. The minimum atomic E-state index is 1.04. The van der Waals surface area contributed by atoms with Gasteiger partial charge < -0.3 is 5.32 Å². The average molecular weight is 244 g/mol. The monoisotopic (exact) mass is 244 g/mol. The lowest BCUT2D eigenvalue weighted by Crippen LogP contribution is -2.24. The first kappa shape index (κ1) is 12.0. The third-order valence-electron chi connectivity index (χ3n) is 4.32. The summed E-state index contributed by atoms with van der Waals surface area (Å²) in [6.45, 7) is 6.94. The molecule has 2 aliphatic rings. The molecular formula is C16H24N2. The largest absolute Gasteiger partial charge is 0.384 e. The Morgan fingerprint density at radius 1 is 1.33 bits per heavy atom. The summed E-state index contributed by atoms with van der Waals surface area (Å²) in [5.41, 5.74) is 4.41. The van der Waals surface area contributed by atoms with Crippen LogP contribution in [0.1, 0.15) is 37.3 Å². The Labute approximate surface area is 110 Å². The Bertz CT molecular complexity index is 410. The summed E-state index contributed by atoms with van der Waals surface area (Å²) >= 11 is 0. The smallest absolute Gasteiger partial charge is 0.0419 e. The van der Waals surface area contributed by atoms with Crippen molar-refractivity contribution >= 4 is 5.69 Å². The molecule has 1 N–H and O–H groups in total. The molecule has 0 aromatic heterocycles. The van der Waals surface area contributed by atoms with Crippen LogP contribution in [0.25, 0.3) is 0 Å². The van der Waals surface area contributed by atoms with Gasteiger partial charge in [-0.25, -0.2) is 0 Å². The van der Waals surface area contributed by atoms with E-state index < -0.39 is 0 Å². The maximum Gasteiger partial charge on any atom is 0.0419 e. The summed E-state index contributed by atoms with van der Waals surface area (Å²) in [5.74, 6) is 1.04. The number of benzene rings is 1. The van der Waals surface area contributed by atoms with E-state index in [1.165, 1.54) is 49.0 Å². The second-order valence-corrected chi connectivity index (χ2v) is 5.73. The maximum absolute atomic E-state index is 3.55. The predicted molar refractivity (Wildman–Crippen MR) is 76.9 cm³/mol. The molecule has 0 saturated heterocycles.